The zero-order chi connectivity index (χ0) is 14.9. The van der Waals surface area contributed by atoms with Gasteiger partial charge in [0.25, 0.3) is 0 Å². The molecule has 0 aromatic rings. The molecule has 0 aromatic carbocycles. The van der Waals surface area contributed by atoms with Crippen LogP contribution in [-0.4, -0.2) is 47.3 Å². The van der Waals surface area contributed by atoms with Gasteiger partial charge in [-0.1, -0.05) is 0 Å². The maximum Gasteiger partial charge on any atom is 0.330 e. The van der Waals surface area contributed by atoms with Crippen LogP contribution < -0.4 is 0 Å². The third-order valence-electron chi connectivity index (χ3n) is 2.17. The molecule has 4 nitrogen and oxygen atoms in total. The van der Waals surface area contributed by atoms with Crippen LogP contribution in [0.4, 0.5) is 0 Å². The van der Waals surface area contributed by atoms with Crippen LogP contribution in [0.3, 0.4) is 0 Å². The number of unbranched alkanes of at least 4 members (excludes halogenated alkanes) is 2. The van der Waals surface area contributed by atoms with Gasteiger partial charge in [-0.05, 0) is 0 Å². The smallest absolute Gasteiger partial charge is 0.330 e. The number of carbonyl (C=O) groups is 2. The zero-order valence-corrected chi connectivity index (χ0v) is 15.4. The summed E-state index contributed by atoms with van der Waals surface area (Å²) in [7, 11) is 2.45. The summed E-state index contributed by atoms with van der Waals surface area (Å²) in [5, 5.41) is 0. The molecule has 0 unspecified atom stereocenters. The third kappa shape index (κ3) is 20.0. The molecule has 110 valence electrons. The summed E-state index contributed by atoms with van der Waals surface area (Å²) >= 11 is 0.149. The number of rotatable bonds is 8. The van der Waals surface area contributed by atoms with Crippen molar-refractivity contribution in [1.29, 1.82) is 0 Å². The number of hydrogen-bond donors (Lipinski definition) is 0. The fraction of sp³-hybridized carbons (Fsp3) is 0.714. The van der Waals surface area contributed by atoms with Crippen LogP contribution in [0.15, 0.2) is 12.2 Å². The Morgan fingerprint density at radius 3 is 1.53 bits per heavy atom. The van der Waals surface area contributed by atoms with Crippen LogP contribution in [0.25, 0.3) is 0 Å². The Hall–Kier alpha value is -0.521. The molecule has 0 atom stereocenters. The van der Waals surface area contributed by atoms with E-state index >= 15 is 0 Å². The molecule has 0 fully saturated rings. The Morgan fingerprint density at radius 1 is 0.895 bits per heavy atom. The maximum absolute atomic E-state index is 10.3. The number of esters is 2. The molecule has 0 rings (SSSR count). The monoisotopic (exact) mass is 378 g/mol. The summed E-state index contributed by atoms with van der Waals surface area (Å²) in [5.74, 6) is -1.16. The summed E-state index contributed by atoms with van der Waals surface area (Å²) in [6, 6.07) is 0. The van der Waals surface area contributed by atoms with Crippen LogP contribution in [0.5, 0.6) is 0 Å². The molecule has 2 radical (unpaired) electrons. The van der Waals surface area contributed by atoms with E-state index in [1.165, 1.54) is 39.9 Å². The zero-order valence-electron chi connectivity index (χ0n) is 12.5. The van der Waals surface area contributed by atoms with Crippen molar-refractivity contribution >= 4 is 33.1 Å². The predicted octanol–water partition coefficient (Wildman–Crippen LogP) is 3.02. The van der Waals surface area contributed by atoms with E-state index in [0.717, 1.165) is 12.2 Å². The standard InChI is InChI=1S/C6H8O4.2C4H9.Sn/c1-9-5(7)3-4-6(8)10-2;2*1-3-4-2;/h3-4H,1-2H3;2*1,3-4H2,2H3;. The Balaban J connectivity index is 0. The first-order chi connectivity index (χ1) is 9.12. The van der Waals surface area contributed by atoms with Gasteiger partial charge in [0.05, 0.1) is 14.2 Å². The number of carbonyl (C=O) groups excluding carboxylic acids is 2. The molecule has 0 aromatic heterocycles. The first-order valence-electron chi connectivity index (χ1n) is 6.66. The van der Waals surface area contributed by atoms with Crippen molar-refractivity contribution in [2.45, 2.75) is 48.4 Å². The summed E-state index contributed by atoms with van der Waals surface area (Å²) in [4.78, 5) is 20.6. The SMILES string of the molecule is CCC[CH2][Sn][CH2]CCC.COC(=O)C=CC(=O)OC. The average molecular weight is 377 g/mol. The molecule has 0 spiro atoms. The van der Waals surface area contributed by atoms with Crippen LogP contribution in [0.2, 0.25) is 8.87 Å². The molecule has 19 heavy (non-hydrogen) atoms. The molecule has 0 aliphatic carbocycles. The van der Waals surface area contributed by atoms with Crippen molar-refractivity contribution in [3.63, 3.8) is 0 Å². The van der Waals surface area contributed by atoms with Gasteiger partial charge in [0.1, 0.15) is 0 Å². The Kier molecular flexibility index (Phi) is 19.1. The van der Waals surface area contributed by atoms with E-state index < -0.39 is 11.9 Å². The van der Waals surface area contributed by atoms with Gasteiger partial charge in [-0.15, -0.1) is 0 Å². The Morgan fingerprint density at radius 2 is 1.26 bits per heavy atom. The van der Waals surface area contributed by atoms with E-state index in [-0.39, 0.29) is 21.1 Å². The second-order valence-electron chi connectivity index (χ2n) is 3.84. The van der Waals surface area contributed by atoms with Crippen molar-refractivity contribution < 1.29 is 19.1 Å². The van der Waals surface area contributed by atoms with Crippen molar-refractivity contribution in [2.75, 3.05) is 14.2 Å². The van der Waals surface area contributed by atoms with Crippen LogP contribution in [0, 0.1) is 0 Å². The van der Waals surface area contributed by atoms with Gasteiger partial charge in [-0.2, -0.15) is 0 Å². The normalized spacial score (nSPS) is 9.68. The second kappa shape index (κ2) is 17.5. The van der Waals surface area contributed by atoms with Gasteiger partial charge in [0.15, 0.2) is 0 Å². The Labute approximate surface area is 127 Å². The summed E-state index contributed by atoms with van der Waals surface area (Å²) in [6.45, 7) is 4.58. The van der Waals surface area contributed by atoms with Crippen molar-refractivity contribution in [3.8, 4) is 0 Å². The average Bonchev–Trinajstić information content (AvgIpc) is 2.44. The molecule has 0 aliphatic heterocycles. The summed E-state index contributed by atoms with van der Waals surface area (Å²) < 4.78 is 11.7. The quantitative estimate of drug-likeness (QED) is 0.283. The molecule has 0 N–H and O–H groups in total. The predicted molar refractivity (Wildman–Crippen MR) is 78.4 cm³/mol. The minimum absolute atomic E-state index is 0.149. The van der Waals surface area contributed by atoms with Crippen molar-refractivity contribution in [3.05, 3.63) is 12.2 Å². The van der Waals surface area contributed by atoms with Gasteiger partial charge in [0, 0.05) is 12.2 Å². The van der Waals surface area contributed by atoms with E-state index in [4.69, 9.17) is 0 Å². The Bertz CT molecular complexity index is 228. The van der Waals surface area contributed by atoms with Gasteiger partial charge < -0.3 is 9.47 Å². The van der Waals surface area contributed by atoms with E-state index in [0.29, 0.717) is 0 Å². The summed E-state index contributed by atoms with van der Waals surface area (Å²) in [5.41, 5.74) is 0. The minimum atomic E-state index is -0.578. The summed E-state index contributed by atoms with van der Waals surface area (Å²) in [6.07, 6.45) is 7.82. The van der Waals surface area contributed by atoms with Crippen LogP contribution in [0.1, 0.15) is 39.5 Å². The molecular weight excluding hydrogens is 351 g/mol. The molecular formula is C14H26O4Sn. The fourth-order valence-corrected chi connectivity index (χ4v) is 5.16. The van der Waals surface area contributed by atoms with Gasteiger partial charge >= 0.3 is 81.5 Å². The maximum atomic E-state index is 10.3. The van der Waals surface area contributed by atoms with Gasteiger partial charge in [-0.25, -0.2) is 9.59 Å². The topological polar surface area (TPSA) is 52.6 Å². The van der Waals surface area contributed by atoms with Crippen molar-refractivity contribution in [1.82, 2.24) is 0 Å². The van der Waals surface area contributed by atoms with E-state index in [9.17, 15) is 9.59 Å². The molecule has 0 amide bonds. The number of hydrogen-bond acceptors (Lipinski definition) is 4. The first kappa shape index (κ1) is 20.8. The molecule has 0 bridgehead atoms. The van der Waals surface area contributed by atoms with Gasteiger partial charge in [-0.3, -0.25) is 0 Å². The van der Waals surface area contributed by atoms with Crippen LogP contribution >= 0.6 is 0 Å². The van der Waals surface area contributed by atoms with Crippen molar-refractivity contribution in [2.24, 2.45) is 0 Å². The molecule has 0 saturated carbocycles. The largest absolute Gasteiger partial charge is 0.466 e. The number of methoxy groups -OCH3 is 2. The van der Waals surface area contributed by atoms with E-state index in [1.54, 1.807) is 8.87 Å². The molecule has 0 aliphatic rings. The van der Waals surface area contributed by atoms with E-state index in [2.05, 4.69) is 23.3 Å². The minimum Gasteiger partial charge on any atom is -0.466 e. The molecule has 5 heteroatoms. The van der Waals surface area contributed by atoms with Crippen LogP contribution in [-0.2, 0) is 19.1 Å². The molecule has 0 heterocycles. The first-order valence-corrected chi connectivity index (χ1v) is 10.7. The van der Waals surface area contributed by atoms with E-state index in [1.807, 2.05) is 0 Å². The molecule has 0 saturated heterocycles. The fourth-order valence-electron chi connectivity index (χ4n) is 1.00. The third-order valence-corrected chi connectivity index (χ3v) is 6.21. The number of ether oxygens (including phenoxy) is 2. The van der Waals surface area contributed by atoms with Gasteiger partial charge in [0.2, 0.25) is 0 Å². The second-order valence-corrected chi connectivity index (χ2v) is 8.12.